The highest BCUT2D eigenvalue weighted by molar-refractivity contribution is 14.1. The predicted molar refractivity (Wildman–Crippen MR) is 58.2 cm³/mol. The van der Waals surface area contributed by atoms with Gasteiger partial charge < -0.3 is 12.7 Å². The van der Waals surface area contributed by atoms with Gasteiger partial charge in [0, 0.05) is 14.1 Å². The Kier molecular flexibility index (Phi) is 9.43. The number of rotatable bonds is 7. The average molecular weight is 285 g/mol. The number of nitrogens with zero attached hydrogens (tertiary/aromatic N) is 1. The minimum absolute atomic E-state index is 0.665. The van der Waals surface area contributed by atoms with Crippen LogP contribution in [0.1, 0.15) is 6.42 Å². The van der Waals surface area contributed by atoms with Gasteiger partial charge in [-0.05, 0) is 12.6 Å². The van der Waals surface area contributed by atoms with E-state index in [4.69, 9.17) is 7.80 Å². The predicted octanol–water partition coefficient (Wildman–Crippen LogP) is 1.83. The number of hydrogen-bond donors (Lipinski definition) is 0. The van der Waals surface area contributed by atoms with Crippen LogP contribution in [-0.2, 0) is 7.80 Å². The first kappa shape index (κ1) is 12.2. The highest BCUT2D eigenvalue weighted by Gasteiger charge is 1.85. The molecule has 4 heteroatoms. The molecule has 0 radical (unpaired) electrons. The summed E-state index contributed by atoms with van der Waals surface area (Å²) in [7, 11) is 4.00. The van der Waals surface area contributed by atoms with Crippen molar-refractivity contribution in [2.75, 3.05) is 33.9 Å². The van der Waals surface area contributed by atoms with Crippen molar-refractivity contribution in [2.24, 2.45) is 0 Å². The zero-order valence-electron chi connectivity index (χ0n) is 7.62. The summed E-state index contributed by atoms with van der Waals surface area (Å²) < 4.78 is 10.1. The summed E-state index contributed by atoms with van der Waals surface area (Å²) in [5.41, 5.74) is 0. The minimum Gasteiger partial charge on any atom is -0.384 e. The first-order valence-corrected chi connectivity index (χ1v) is 4.80. The second-order valence-electron chi connectivity index (χ2n) is 2.56. The molecule has 0 fully saturated rings. The lowest BCUT2D eigenvalue weighted by Crippen LogP contribution is -2.02. The quantitative estimate of drug-likeness (QED) is 0.526. The van der Waals surface area contributed by atoms with Gasteiger partial charge in [0.1, 0.15) is 23.0 Å². The van der Waals surface area contributed by atoms with Crippen LogP contribution < -0.4 is 0 Å². The molecule has 0 bridgehead atoms. The van der Waals surface area contributed by atoms with Crippen molar-refractivity contribution in [1.29, 1.82) is 0 Å². The van der Waals surface area contributed by atoms with Crippen LogP contribution in [0.5, 0.6) is 0 Å². The largest absolute Gasteiger partial charge is 0.384 e. The van der Waals surface area contributed by atoms with Crippen LogP contribution in [0.3, 0.4) is 0 Å². The van der Waals surface area contributed by atoms with E-state index in [9.17, 15) is 0 Å². The van der Waals surface area contributed by atoms with Crippen LogP contribution in [0.15, 0.2) is 12.3 Å². The van der Waals surface area contributed by atoms with Crippen LogP contribution in [0.25, 0.3) is 0 Å². The molecule has 0 N–H and O–H groups in total. The highest BCUT2D eigenvalue weighted by atomic mass is 127. The molecule has 0 aliphatic carbocycles. The maximum absolute atomic E-state index is 5.26. The van der Waals surface area contributed by atoms with E-state index in [1.807, 2.05) is 48.2 Å². The van der Waals surface area contributed by atoms with Crippen LogP contribution in [0.4, 0.5) is 0 Å². The summed E-state index contributed by atoms with van der Waals surface area (Å²) in [4.78, 5) is 2.01. The van der Waals surface area contributed by atoms with E-state index in [0.29, 0.717) is 13.2 Å². The molecule has 0 aliphatic heterocycles. The third-order valence-electron chi connectivity index (χ3n) is 1.14. The second-order valence-corrected chi connectivity index (χ2v) is 3.19. The highest BCUT2D eigenvalue weighted by Crippen LogP contribution is 1.89. The van der Waals surface area contributed by atoms with E-state index in [2.05, 4.69) is 6.08 Å². The van der Waals surface area contributed by atoms with Gasteiger partial charge in [0.05, 0.1) is 19.8 Å². The van der Waals surface area contributed by atoms with Gasteiger partial charge in [0.25, 0.3) is 0 Å². The van der Waals surface area contributed by atoms with E-state index in [-0.39, 0.29) is 0 Å². The van der Waals surface area contributed by atoms with Crippen molar-refractivity contribution in [2.45, 2.75) is 6.42 Å². The molecule has 0 spiro atoms. The fourth-order valence-electron chi connectivity index (χ4n) is 0.629. The molecule has 0 amide bonds. The van der Waals surface area contributed by atoms with Crippen molar-refractivity contribution in [3.05, 3.63) is 12.3 Å². The summed E-state index contributed by atoms with van der Waals surface area (Å²) in [6.45, 7) is 2.11. The number of ether oxygens (including phenoxy) is 1. The molecule has 0 atom stereocenters. The average Bonchev–Trinajstić information content (AvgIpc) is 2.02. The summed E-state index contributed by atoms with van der Waals surface area (Å²) >= 11 is 1.86. The topological polar surface area (TPSA) is 21.7 Å². The Labute approximate surface area is 88.4 Å². The maximum atomic E-state index is 5.26. The lowest BCUT2D eigenvalue weighted by molar-refractivity contribution is 0.117. The number of hydrogen-bond acceptors (Lipinski definition) is 3. The van der Waals surface area contributed by atoms with E-state index >= 15 is 0 Å². The van der Waals surface area contributed by atoms with Crippen molar-refractivity contribution in [1.82, 2.24) is 4.90 Å². The Balaban J connectivity index is 3.00. The first-order chi connectivity index (χ1) is 5.77. The SMILES string of the molecule is CN(C)/C=C\CCOCCOI. The van der Waals surface area contributed by atoms with Crippen molar-refractivity contribution >= 4 is 23.0 Å². The van der Waals surface area contributed by atoms with Gasteiger partial charge in [-0.25, -0.2) is 0 Å². The van der Waals surface area contributed by atoms with Crippen LogP contribution in [0, 0.1) is 0 Å². The Bertz CT molecular complexity index is 118. The van der Waals surface area contributed by atoms with Crippen LogP contribution >= 0.6 is 23.0 Å². The van der Waals surface area contributed by atoms with Crippen molar-refractivity contribution in [3.63, 3.8) is 0 Å². The Morgan fingerprint density at radius 2 is 2.00 bits per heavy atom. The number of halogens is 1. The third-order valence-corrected chi connectivity index (χ3v) is 1.58. The molecule has 72 valence electrons. The van der Waals surface area contributed by atoms with Crippen molar-refractivity contribution in [3.8, 4) is 0 Å². The minimum atomic E-state index is 0.665. The maximum Gasteiger partial charge on any atom is 0.109 e. The molecule has 0 saturated carbocycles. The zero-order valence-corrected chi connectivity index (χ0v) is 9.78. The molecule has 0 saturated heterocycles. The van der Waals surface area contributed by atoms with Gasteiger partial charge in [0.2, 0.25) is 0 Å². The van der Waals surface area contributed by atoms with Gasteiger partial charge in [-0.1, -0.05) is 6.08 Å². The summed E-state index contributed by atoms with van der Waals surface area (Å²) in [5, 5.41) is 0. The van der Waals surface area contributed by atoms with Gasteiger partial charge in [-0.15, -0.1) is 0 Å². The second kappa shape index (κ2) is 9.28. The molecular formula is C8H16INO2. The Morgan fingerprint density at radius 3 is 2.58 bits per heavy atom. The third kappa shape index (κ3) is 10.2. The standard InChI is InChI=1S/C8H16INO2/c1-10(2)5-3-4-6-11-7-8-12-9/h3,5H,4,6-8H2,1-2H3/b5-3-. The summed E-state index contributed by atoms with van der Waals surface area (Å²) in [6, 6.07) is 0. The molecule has 3 nitrogen and oxygen atoms in total. The van der Waals surface area contributed by atoms with Gasteiger partial charge in [0.15, 0.2) is 0 Å². The molecule has 0 aliphatic rings. The van der Waals surface area contributed by atoms with E-state index < -0.39 is 0 Å². The normalized spacial score (nSPS) is 10.9. The smallest absolute Gasteiger partial charge is 0.109 e. The zero-order chi connectivity index (χ0) is 9.23. The molecule has 0 aromatic heterocycles. The summed E-state index contributed by atoms with van der Waals surface area (Å²) in [5.74, 6) is 0. The summed E-state index contributed by atoms with van der Waals surface area (Å²) in [6.07, 6.45) is 5.07. The van der Waals surface area contributed by atoms with Gasteiger partial charge in [-0.3, -0.25) is 0 Å². The fraction of sp³-hybridized carbons (Fsp3) is 0.750. The molecular weight excluding hydrogens is 269 g/mol. The molecule has 0 rings (SSSR count). The molecule has 0 aromatic carbocycles. The monoisotopic (exact) mass is 285 g/mol. The van der Waals surface area contributed by atoms with Gasteiger partial charge >= 0.3 is 0 Å². The molecule has 0 heterocycles. The van der Waals surface area contributed by atoms with Gasteiger partial charge in [-0.2, -0.15) is 0 Å². The first-order valence-electron chi connectivity index (χ1n) is 3.91. The van der Waals surface area contributed by atoms with E-state index in [1.54, 1.807) is 0 Å². The van der Waals surface area contributed by atoms with E-state index in [1.165, 1.54) is 0 Å². The molecule has 0 unspecified atom stereocenters. The molecule has 12 heavy (non-hydrogen) atoms. The van der Waals surface area contributed by atoms with Crippen LogP contribution in [-0.4, -0.2) is 38.8 Å². The van der Waals surface area contributed by atoms with E-state index in [0.717, 1.165) is 13.0 Å². The fourth-order valence-corrected chi connectivity index (χ4v) is 0.809. The Morgan fingerprint density at radius 1 is 1.25 bits per heavy atom. The molecule has 0 aromatic rings. The van der Waals surface area contributed by atoms with Crippen molar-refractivity contribution < 1.29 is 7.80 Å². The lowest BCUT2D eigenvalue weighted by Gasteiger charge is -2.03. The lowest BCUT2D eigenvalue weighted by atomic mass is 10.4. The Hall–Kier alpha value is 0.190. The van der Waals surface area contributed by atoms with Crippen LogP contribution in [0.2, 0.25) is 0 Å².